The number of pyridine rings is 1. The molecule has 0 amide bonds. The van der Waals surface area contributed by atoms with Gasteiger partial charge in [0.05, 0.1) is 5.69 Å². The van der Waals surface area contributed by atoms with Gasteiger partial charge in [0, 0.05) is 24.6 Å². The molecule has 2 aromatic rings. The normalized spacial score (nSPS) is 12.4. The fraction of sp³-hybridized carbons (Fsp3) is 0.500. The molecule has 6 nitrogen and oxygen atoms in total. The molecule has 1 atom stereocenters. The quantitative estimate of drug-likeness (QED) is 0.865. The number of ether oxygens (including phenoxy) is 1. The van der Waals surface area contributed by atoms with E-state index >= 15 is 0 Å². The van der Waals surface area contributed by atoms with Crippen molar-refractivity contribution in [3.05, 3.63) is 35.3 Å². The van der Waals surface area contributed by atoms with Crippen molar-refractivity contribution in [2.24, 2.45) is 5.73 Å². The average Bonchev–Trinajstić information content (AvgIpc) is 2.85. The van der Waals surface area contributed by atoms with E-state index < -0.39 is 0 Å². The summed E-state index contributed by atoms with van der Waals surface area (Å²) in [5, 5.41) is 7.82. The van der Waals surface area contributed by atoms with E-state index in [-0.39, 0.29) is 12.6 Å². The number of rotatable bonds is 6. The third-order valence-corrected chi connectivity index (χ3v) is 2.75. The summed E-state index contributed by atoms with van der Waals surface area (Å²) < 4.78 is 11.1. The van der Waals surface area contributed by atoms with Crippen molar-refractivity contribution < 1.29 is 9.15 Å². The van der Waals surface area contributed by atoms with Crippen LogP contribution in [0.2, 0.25) is 0 Å². The number of nitrogens with zero attached hydrogens (tertiary/aromatic N) is 3. The highest BCUT2D eigenvalue weighted by molar-refractivity contribution is 5.29. The van der Waals surface area contributed by atoms with Gasteiger partial charge in [0.1, 0.15) is 5.75 Å². The minimum absolute atomic E-state index is 0.0294. The predicted octanol–water partition coefficient (Wildman–Crippen LogP) is 1.80. The molecule has 20 heavy (non-hydrogen) atoms. The zero-order chi connectivity index (χ0) is 14.5. The number of aryl methyl sites for hydroxylation is 2. The molecule has 0 aromatic carbocycles. The molecule has 0 saturated carbocycles. The lowest BCUT2D eigenvalue weighted by Gasteiger charge is -2.11. The topological polar surface area (TPSA) is 87.1 Å². The van der Waals surface area contributed by atoms with Crippen molar-refractivity contribution in [1.29, 1.82) is 0 Å². The standard InChI is InChI=1S/C14H20N4O2/c1-4-13-17-18-14(20-13)8-19-12-6-5-10(3)16-11(12)7-9(2)15/h5-6,9H,4,7-8,15H2,1-3H3. The van der Waals surface area contributed by atoms with Crippen LogP contribution in [0.1, 0.15) is 37.0 Å². The fourth-order valence-electron chi connectivity index (χ4n) is 1.81. The van der Waals surface area contributed by atoms with Gasteiger partial charge in [-0.25, -0.2) is 0 Å². The van der Waals surface area contributed by atoms with Gasteiger partial charge in [-0.2, -0.15) is 0 Å². The highest BCUT2D eigenvalue weighted by Crippen LogP contribution is 2.19. The van der Waals surface area contributed by atoms with E-state index in [1.807, 2.05) is 32.9 Å². The van der Waals surface area contributed by atoms with E-state index in [2.05, 4.69) is 15.2 Å². The number of hydrogen-bond donors (Lipinski definition) is 1. The molecule has 6 heteroatoms. The van der Waals surface area contributed by atoms with E-state index in [1.165, 1.54) is 0 Å². The lowest BCUT2D eigenvalue weighted by molar-refractivity contribution is 0.255. The van der Waals surface area contributed by atoms with Crippen LogP contribution < -0.4 is 10.5 Å². The maximum Gasteiger partial charge on any atom is 0.253 e. The monoisotopic (exact) mass is 276 g/mol. The molecule has 0 spiro atoms. The van der Waals surface area contributed by atoms with Crippen molar-refractivity contribution in [1.82, 2.24) is 15.2 Å². The highest BCUT2D eigenvalue weighted by Gasteiger charge is 2.11. The Morgan fingerprint density at radius 2 is 2.05 bits per heavy atom. The largest absolute Gasteiger partial charge is 0.482 e. The molecule has 1 unspecified atom stereocenters. The van der Waals surface area contributed by atoms with Crippen molar-refractivity contribution >= 4 is 0 Å². The van der Waals surface area contributed by atoms with Crippen molar-refractivity contribution in [3.63, 3.8) is 0 Å². The van der Waals surface area contributed by atoms with Crippen molar-refractivity contribution in [2.45, 2.75) is 46.3 Å². The number of aromatic nitrogens is 3. The van der Waals surface area contributed by atoms with Gasteiger partial charge >= 0.3 is 0 Å². The zero-order valence-electron chi connectivity index (χ0n) is 12.1. The van der Waals surface area contributed by atoms with E-state index in [9.17, 15) is 0 Å². The summed E-state index contributed by atoms with van der Waals surface area (Å²) in [6.45, 7) is 6.09. The Morgan fingerprint density at radius 1 is 1.30 bits per heavy atom. The molecule has 0 saturated heterocycles. The summed E-state index contributed by atoms with van der Waals surface area (Å²) in [5.74, 6) is 1.79. The van der Waals surface area contributed by atoms with Crippen LogP contribution in [0.3, 0.4) is 0 Å². The second-order valence-electron chi connectivity index (χ2n) is 4.81. The number of nitrogens with two attached hydrogens (primary N) is 1. The summed E-state index contributed by atoms with van der Waals surface area (Å²) >= 11 is 0. The Labute approximate surface area is 118 Å². The number of hydrogen-bond acceptors (Lipinski definition) is 6. The molecular weight excluding hydrogens is 256 g/mol. The lowest BCUT2D eigenvalue weighted by atomic mass is 10.1. The first-order valence-corrected chi connectivity index (χ1v) is 6.74. The molecule has 2 heterocycles. The Hall–Kier alpha value is -1.95. The average molecular weight is 276 g/mol. The Morgan fingerprint density at radius 3 is 2.70 bits per heavy atom. The van der Waals surface area contributed by atoms with Crippen LogP contribution in [0.15, 0.2) is 16.5 Å². The molecule has 0 aliphatic carbocycles. The van der Waals surface area contributed by atoms with Crippen LogP contribution in [0.4, 0.5) is 0 Å². The summed E-state index contributed by atoms with van der Waals surface area (Å²) in [7, 11) is 0. The second kappa shape index (κ2) is 6.47. The summed E-state index contributed by atoms with van der Waals surface area (Å²) in [5.41, 5.74) is 7.64. The van der Waals surface area contributed by atoms with Gasteiger partial charge in [0.25, 0.3) is 5.89 Å². The molecule has 0 aliphatic heterocycles. The molecule has 0 fully saturated rings. The van der Waals surface area contributed by atoms with Crippen LogP contribution >= 0.6 is 0 Å². The van der Waals surface area contributed by atoms with E-state index in [4.69, 9.17) is 14.9 Å². The van der Waals surface area contributed by atoms with Gasteiger partial charge in [-0.15, -0.1) is 10.2 Å². The molecule has 108 valence electrons. The second-order valence-corrected chi connectivity index (χ2v) is 4.81. The maximum atomic E-state index is 5.84. The summed E-state index contributed by atoms with van der Waals surface area (Å²) in [4.78, 5) is 4.48. The predicted molar refractivity (Wildman–Crippen MR) is 74.3 cm³/mol. The van der Waals surface area contributed by atoms with E-state index in [0.717, 1.165) is 17.8 Å². The van der Waals surface area contributed by atoms with Gasteiger partial charge in [0.2, 0.25) is 5.89 Å². The van der Waals surface area contributed by atoms with Gasteiger partial charge in [-0.3, -0.25) is 4.98 Å². The van der Waals surface area contributed by atoms with Crippen LogP contribution in [0.25, 0.3) is 0 Å². The van der Waals surface area contributed by atoms with Gasteiger partial charge < -0.3 is 14.9 Å². The fourth-order valence-corrected chi connectivity index (χ4v) is 1.81. The first-order chi connectivity index (χ1) is 9.58. The molecular formula is C14H20N4O2. The summed E-state index contributed by atoms with van der Waals surface area (Å²) in [6, 6.07) is 3.84. The molecule has 2 aromatic heterocycles. The van der Waals surface area contributed by atoms with Crippen LogP contribution in [0, 0.1) is 6.92 Å². The maximum absolute atomic E-state index is 5.84. The first-order valence-electron chi connectivity index (χ1n) is 6.74. The minimum Gasteiger partial charge on any atom is -0.482 e. The van der Waals surface area contributed by atoms with Crippen LogP contribution in [-0.2, 0) is 19.4 Å². The van der Waals surface area contributed by atoms with E-state index in [0.29, 0.717) is 24.0 Å². The molecule has 0 radical (unpaired) electrons. The Bertz CT molecular complexity index is 566. The minimum atomic E-state index is 0.0294. The van der Waals surface area contributed by atoms with Crippen molar-refractivity contribution in [3.8, 4) is 5.75 Å². The Balaban J connectivity index is 2.08. The third kappa shape index (κ3) is 3.77. The van der Waals surface area contributed by atoms with Crippen LogP contribution in [0.5, 0.6) is 5.75 Å². The zero-order valence-corrected chi connectivity index (χ0v) is 12.1. The van der Waals surface area contributed by atoms with Crippen LogP contribution in [-0.4, -0.2) is 21.2 Å². The molecule has 2 N–H and O–H groups in total. The van der Waals surface area contributed by atoms with Gasteiger partial charge in [0.15, 0.2) is 6.61 Å². The SMILES string of the molecule is CCc1nnc(COc2ccc(C)nc2CC(C)N)o1. The van der Waals surface area contributed by atoms with Gasteiger partial charge in [-0.1, -0.05) is 6.92 Å². The first kappa shape index (κ1) is 14.5. The highest BCUT2D eigenvalue weighted by atomic mass is 16.5. The van der Waals surface area contributed by atoms with E-state index in [1.54, 1.807) is 0 Å². The summed E-state index contributed by atoms with van der Waals surface area (Å²) in [6.07, 6.45) is 1.39. The molecule has 2 rings (SSSR count). The third-order valence-electron chi connectivity index (χ3n) is 2.75. The Kier molecular flexibility index (Phi) is 4.68. The molecule has 0 bridgehead atoms. The lowest BCUT2D eigenvalue weighted by Crippen LogP contribution is -2.19. The van der Waals surface area contributed by atoms with Gasteiger partial charge in [-0.05, 0) is 26.0 Å². The smallest absolute Gasteiger partial charge is 0.253 e. The van der Waals surface area contributed by atoms with Crippen molar-refractivity contribution in [2.75, 3.05) is 0 Å². The molecule has 0 aliphatic rings.